The van der Waals surface area contributed by atoms with Gasteiger partial charge in [0.1, 0.15) is 5.69 Å². The van der Waals surface area contributed by atoms with Crippen LogP contribution in [0.4, 0.5) is 13.2 Å². The monoisotopic (exact) mass is 213 g/mol. The SMILES string of the molecule is FC(F)(F)c1cc(-c2cn[nH]c2)ccn1. The number of aromatic nitrogens is 3. The van der Waals surface area contributed by atoms with E-state index < -0.39 is 11.9 Å². The van der Waals surface area contributed by atoms with E-state index in [1.54, 1.807) is 0 Å². The maximum Gasteiger partial charge on any atom is 0.433 e. The quantitative estimate of drug-likeness (QED) is 0.790. The second-order valence-electron chi connectivity index (χ2n) is 2.91. The Kier molecular flexibility index (Phi) is 2.18. The number of pyridine rings is 1. The summed E-state index contributed by atoms with van der Waals surface area (Å²) in [5.74, 6) is 0. The Bertz CT molecular complexity index is 448. The molecular formula is C9H6F3N3. The molecular weight excluding hydrogens is 207 g/mol. The highest BCUT2D eigenvalue weighted by Gasteiger charge is 2.32. The number of alkyl halides is 3. The molecule has 0 aliphatic rings. The van der Waals surface area contributed by atoms with Crippen molar-refractivity contribution < 1.29 is 13.2 Å². The summed E-state index contributed by atoms with van der Waals surface area (Å²) in [5.41, 5.74) is 0.134. The summed E-state index contributed by atoms with van der Waals surface area (Å²) in [6.45, 7) is 0. The molecule has 0 radical (unpaired) electrons. The second kappa shape index (κ2) is 3.38. The van der Waals surface area contributed by atoms with E-state index in [0.29, 0.717) is 11.1 Å². The molecule has 0 spiro atoms. The maximum absolute atomic E-state index is 12.3. The van der Waals surface area contributed by atoms with Crippen molar-refractivity contribution in [1.82, 2.24) is 15.2 Å². The van der Waals surface area contributed by atoms with Crippen LogP contribution in [0.1, 0.15) is 5.69 Å². The fraction of sp³-hybridized carbons (Fsp3) is 0.111. The van der Waals surface area contributed by atoms with E-state index in [2.05, 4.69) is 15.2 Å². The number of hydrogen-bond acceptors (Lipinski definition) is 2. The fourth-order valence-corrected chi connectivity index (χ4v) is 1.17. The minimum Gasteiger partial charge on any atom is -0.285 e. The largest absolute Gasteiger partial charge is 0.433 e. The minimum atomic E-state index is -4.42. The summed E-state index contributed by atoms with van der Waals surface area (Å²) >= 11 is 0. The predicted octanol–water partition coefficient (Wildman–Crippen LogP) is 2.49. The summed E-state index contributed by atoms with van der Waals surface area (Å²) in [6.07, 6.45) is -0.310. The van der Waals surface area contributed by atoms with Crippen LogP contribution in [-0.2, 0) is 6.18 Å². The van der Waals surface area contributed by atoms with Gasteiger partial charge in [-0.05, 0) is 17.7 Å². The maximum atomic E-state index is 12.3. The van der Waals surface area contributed by atoms with Gasteiger partial charge in [0.2, 0.25) is 0 Å². The van der Waals surface area contributed by atoms with Gasteiger partial charge >= 0.3 is 6.18 Å². The van der Waals surface area contributed by atoms with Crippen LogP contribution in [0.15, 0.2) is 30.7 Å². The topological polar surface area (TPSA) is 41.6 Å². The van der Waals surface area contributed by atoms with Gasteiger partial charge in [-0.1, -0.05) is 0 Å². The standard InChI is InChI=1S/C9H6F3N3/c10-9(11,12)8-3-6(1-2-13-8)7-4-14-15-5-7/h1-5H,(H,14,15). The van der Waals surface area contributed by atoms with Crippen LogP contribution in [0.2, 0.25) is 0 Å². The average Bonchev–Trinajstić information content (AvgIpc) is 2.69. The van der Waals surface area contributed by atoms with Gasteiger partial charge in [0.05, 0.1) is 6.20 Å². The molecule has 2 aromatic rings. The highest BCUT2D eigenvalue weighted by Crippen LogP contribution is 2.29. The first kappa shape index (κ1) is 9.70. The van der Waals surface area contributed by atoms with E-state index in [9.17, 15) is 13.2 Å². The van der Waals surface area contributed by atoms with Crippen LogP contribution in [0.25, 0.3) is 11.1 Å². The molecule has 0 aliphatic heterocycles. The normalized spacial score (nSPS) is 11.7. The molecule has 0 atom stereocenters. The van der Waals surface area contributed by atoms with E-state index in [0.717, 1.165) is 12.3 Å². The molecule has 1 N–H and O–H groups in total. The molecule has 0 fully saturated rings. The molecule has 0 saturated heterocycles. The molecule has 0 amide bonds. The number of hydrogen-bond donors (Lipinski definition) is 1. The van der Waals surface area contributed by atoms with E-state index in [1.165, 1.54) is 18.5 Å². The molecule has 3 nitrogen and oxygen atoms in total. The van der Waals surface area contributed by atoms with Crippen molar-refractivity contribution in [2.75, 3.05) is 0 Å². The van der Waals surface area contributed by atoms with Gasteiger partial charge < -0.3 is 0 Å². The molecule has 0 unspecified atom stereocenters. The Labute approximate surface area is 83.0 Å². The van der Waals surface area contributed by atoms with E-state index in [-0.39, 0.29) is 0 Å². The third kappa shape index (κ3) is 1.98. The van der Waals surface area contributed by atoms with Crippen molar-refractivity contribution in [3.05, 3.63) is 36.4 Å². The molecule has 6 heteroatoms. The fourth-order valence-electron chi connectivity index (χ4n) is 1.17. The third-order valence-corrected chi connectivity index (χ3v) is 1.88. The van der Waals surface area contributed by atoms with Crippen LogP contribution in [-0.4, -0.2) is 15.2 Å². The van der Waals surface area contributed by atoms with Crippen molar-refractivity contribution in [2.45, 2.75) is 6.18 Å². The van der Waals surface area contributed by atoms with E-state index >= 15 is 0 Å². The summed E-state index contributed by atoms with van der Waals surface area (Å²) in [7, 11) is 0. The molecule has 2 heterocycles. The van der Waals surface area contributed by atoms with Gasteiger partial charge in [-0.2, -0.15) is 18.3 Å². The van der Waals surface area contributed by atoms with Crippen LogP contribution >= 0.6 is 0 Å². The highest BCUT2D eigenvalue weighted by atomic mass is 19.4. The smallest absolute Gasteiger partial charge is 0.285 e. The van der Waals surface area contributed by atoms with Gasteiger partial charge in [-0.25, -0.2) is 0 Å². The number of nitrogens with one attached hydrogen (secondary N) is 1. The van der Waals surface area contributed by atoms with Crippen LogP contribution in [0.3, 0.4) is 0 Å². The lowest BCUT2D eigenvalue weighted by Gasteiger charge is -2.06. The van der Waals surface area contributed by atoms with Crippen molar-refractivity contribution in [3.8, 4) is 11.1 Å². The Morgan fingerprint density at radius 2 is 2.00 bits per heavy atom. The van der Waals surface area contributed by atoms with Crippen LogP contribution in [0, 0.1) is 0 Å². The van der Waals surface area contributed by atoms with Gasteiger partial charge in [0.25, 0.3) is 0 Å². The van der Waals surface area contributed by atoms with E-state index in [1.807, 2.05) is 0 Å². The molecule has 15 heavy (non-hydrogen) atoms. The zero-order valence-corrected chi connectivity index (χ0v) is 7.42. The van der Waals surface area contributed by atoms with Gasteiger partial charge in [0, 0.05) is 18.0 Å². The Hall–Kier alpha value is -1.85. The average molecular weight is 213 g/mol. The van der Waals surface area contributed by atoms with Crippen LogP contribution in [0.5, 0.6) is 0 Å². The number of halogens is 3. The molecule has 0 aliphatic carbocycles. The summed E-state index contributed by atoms with van der Waals surface area (Å²) in [6, 6.07) is 2.49. The second-order valence-corrected chi connectivity index (χ2v) is 2.91. The van der Waals surface area contributed by atoms with Crippen molar-refractivity contribution in [1.29, 1.82) is 0 Å². The molecule has 0 bridgehead atoms. The summed E-state index contributed by atoms with van der Waals surface area (Å²) in [5, 5.41) is 6.20. The van der Waals surface area contributed by atoms with E-state index in [4.69, 9.17) is 0 Å². The van der Waals surface area contributed by atoms with Gasteiger partial charge in [-0.15, -0.1) is 0 Å². The van der Waals surface area contributed by atoms with Crippen LogP contribution < -0.4 is 0 Å². The first-order valence-electron chi connectivity index (χ1n) is 4.10. The minimum absolute atomic E-state index is 0.436. The zero-order valence-electron chi connectivity index (χ0n) is 7.42. The predicted molar refractivity (Wildman–Crippen MR) is 46.8 cm³/mol. The highest BCUT2D eigenvalue weighted by molar-refractivity contribution is 5.61. The molecule has 78 valence electrons. The summed E-state index contributed by atoms with van der Waals surface area (Å²) in [4.78, 5) is 3.26. The Morgan fingerprint density at radius 3 is 2.60 bits per heavy atom. The molecule has 0 saturated carbocycles. The first-order chi connectivity index (χ1) is 7.07. The van der Waals surface area contributed by atoms with Crippen molar-refractivity contribution in [3.63, 3.8) is 0 Å². The zero-order chi connectivity index (χ0) is 10.9. The molecule has 2 aromatic heterocycles. The lowest BCUT2D eigenvalue weighted by atomic mass is 10.1. The summed E-state index contributed by atoms with van der Waals surface area (Å²) < 4.78 is 37.0. The van der Waals surface area contributed by atoms with Gasteiger partial charge in [-0.3, -0.25) is 10.1 Å². The lowest BCUT2D eigenvalue weighted by Crippen LogP contribution is -2.07. The number of aromatic amines is 1. The Balaban J connectivity index is 2.44. The first-order valence-corrected chi connectivity index (χ1v) is 4.10. The number of H-pyrrole nitrogens is 1. The van der Waals surface area contributed by atoms with Gasteiger partial charge in [0.15, 0.2) is 0 Å². The van der Waals surface area contributed by atoms with Crippen molar-refractivity contribution >= 4 is 0 Å². The molecule has 0 aromatic carbocycles. The van der Waals surface area contributed by atoms with Crippen molar-refractivity contribution in [2.24, 2.45) is 0 Å². The number of nitrogens with zero attached hydrogens (tertiary/aromatic N) is 2. The number of rotatable bonds is 1. The molecule has 2 rings (SSSR count). The lowest BCUT2D eigenvalue weighted by molar-refractivity contribution is -0.141. The third-order valence-electron chi connectivity index (χ3n) is 1.88. The Morgan fingerprint density at radius 1 is 1.20 bits per heavy atom.